The summed E-state index contributed by atoms with van der Waals surface area (Å²) in [6.07, 6.45) is 2.55. The van der Waals surface area contributed by atoms with Crippen LogP contribution in [-0.4, -0.2) is 58.7 Å². The maximum absolute atomic E-state index is 10.8. The molecule has 2 aromatic rings. The van der Waals surface area contributed by atoms with Gasteiger partial charge in [-0.05, 0) is 17.9 Å². The maximum Gasteiger partial charge on any atom is 0.317 e. The first-order valence-electron chi connectivity index (χ1n) is 6.61. The van der Waals surface area contributed by atoms with Crippen molar-refractivity contribution >= 4 is 33.3 Å². The lowest BCUT2D eigenvalue weighted by atomic mass is 10.3. The van der Waals surface area contributed by atoms with Gasteiger partial charge >= 0.3 is 5.97 Å². The van der Waals surface area contributed by atoms with E-state index in [2.05, 4.69) is 14.9 Å². The molecular formula is C13H16N4O2S. The lowest BCUT2D eigenvalue weighted by molar-refractivity contribution is -0.138. The molecule has 0 radical (unpaired) electrons. The van der Waals surface area contributed by atoms with E-state index in [1.165, 1.54) is 0 Å². The summed E-state index contributed by atoms with van der Waals surface area (Å²) >= 11 is 1.65. The predicted molar refractivity (Wildman–Crippen MR) is 78.3 cm³/mol. The van der Waals surface area contributed by atoms with Gasteiger partial charge in [-0.2, -0.15) is 0 Å². The third kappa shape index (κ3) is 2.73. The fourth-order valence-corrected chi connectivity index (χ4v) is 3.39. The van der Waals surface area contributed by atoms with Crippen LogP contribution in [0.25, 0.3) is 10.2 Å². The van der Waals surface area contributed by atoms with Crippen molar-refractivity contribution in [1.82, 2.24) is 14.9 Å². The quantitative estimate of drug-likeness (QED) is 0.919. The number of aliphatic carboxylic acids is 1. The van der Waals surface area contributed by atoms with Crippen LogP contribution in [0.1, 0.15) is 6.42 Å². The summed E-state index contributed by atoms with van der Waals surface area (Å²) in [5.74, 6) is 0.211. The first-order valence-corrected chi connectivity index (χ1v) is 7.49. The Hall–Kier alpha value is -1.73. The second-order valence-corrected chi connectivity index (χ2v) is 5.76. The average Bonchev–Trinajstić information content (AvgIpc) is 2.79. The minimum Gasteiger partial charge on any atom is -0.480 e. The van der Waals surface area contributed by atoms with Gasteiger partial charge in [-0.1, -0.05) is 0 Å². The highest BCUT2D eigenvalue weighted by Gasteiger charge is 2.19. The molecule has 3 heterocycles. The Kier molecular flexibility index (Phi) is 3.79. The highest BCUT2D eigenvalue weighted by atomic mass is 32.1. The number of rotatable bonds is 3. The van der Waals surface area contributed by atoms with Crippen LogP contribution in [0.15, 0.2) is 17.8 Å². The topological polar surface area (TPSA) is 69.6 Å². The van der Waals surface area contributed by atoms with E-state index in [1.54, 1.807) is 17.7 Å². The highest BCUT2D eigenvalue weighted by Crippen LogP contribution is 2.28. The molecule has 106 valence electrons. The van der Waals surface area contributed by atoms with Crippen molar-refractivity contribution < 1.29 is 9.90 Å². The van der Waals surface area contributed by atoms with Gasteiger partial charge in [0.1, 0.15) is 12.1 Å². The fraction of sp³-hybridized carbons (Fsp3) is 0.462. The maximum atomic E-state index is 10.8. The first kappa shape index (κ1) is 13.3. The number of carbonyl (C=O) groups is 1. The van der Waals surface area contributed by atoms with Gasteiger partial charge in [0.15, 0.2) is 0 Å². The largest absolute Gasteiger partial charge is 0.480 e. The summed E-state index contributed by atoms with van der Waals surface area (Å²) in [5, 5.41) is 10.9. The summed E-state index contributed by atoms with van der Waals surface area (Å²) in [6, 6.07) is 2.00. The van der Waals surface area contributed by atoms with Crippen molar-refractivity contribution in [2.24, 2.45) is 0 Å². The van der Waals surface area contributed by atoms with Crippen molar-refractivity contribution in [2.75, 3.05) is 37.6 Å². The minimum atomic E-state index is -0.763. The summed E-state index contributed by atoms with van der Waals surface area (Å²) in [4.78, 5) is 23.7. The van der Waals surface area contributed by atoms with Gasteiger partial charge < -0.3 is 10.0 Å². The summed E-state index contributed by atoms with van der Waals surface area (Å²) in [6.45, 7) is 3.40. The molecule has 1 aliphatic heterocycles. The van der Waals surface area contributed by atoms with Crippen molar-refractivity contribution in [2.45, 2.75) is 6.42 Å². The number of carboxylic acid groups (broad SMARTS) is 1. The molecule has 1 saturated heterocycles. The Bertz CT molecular complexity index is 615. The van der Waals surface area contributed by atoms with Gasteiger partial charge in [0, 0.05) is 26.2 Å². The van der Waals surface area contributed by atoms with E-state index < -0.39 is 5.97 Å². The van der Waals surface area contributed by atoms with E-state index in [4.69, 9.17) is 5.11 Å². The zero-order valence-electron chi connectivity index (χ0n) is 11.0. The molecule has 0 amide bonds. The molecule has 0 saturated carbocycles. The molecule has 1 N–H and O–H groups in total. The van der Waals surface area contributed by atoms with Crippen LogP contribution in [0.4, 0.5) is 5.82 Å². The Labute approximate surface area is 120 Å². The second kappa shape index (κ2) is 5.72. The molecule has 0 aromatic carbocycles. The summed E-state index contributed by atoms with van der Waals surface area (Å²) in [7, 11) is 0. The third-order valence-electron chi connectivity index (χ3n) is 3.47. The second-order valence-electron chi connectivity index (χ2n) is 4.84. The predicted octanol–water partition coefficient (Wildman–Crippen LogP) is 1.29. The molecule has 6 nitrogen and oxygen atoms in total. The van der Waals surface area contributed by atoms with Gasteiger partial charge in [0.05, 0.1) is 16.8 Å². The number of hydrogen-bond acceptors (Lipinski definition) is 6. The molecule has 1 aliphatic rings. The number of hydrogen-bond donors (Lipinski definition) is 1. The molecule has 0 bridgehead atoms. The number of aromatic nitrogens is 2. The Morgan fingerprint density at radius 3 is 3.05 bits per heavy atom. The number of thiophene rings is 1. The smallest absolute Gasteiger partial charge is 0.317 e. The van der Waals surface area contributed by atoms with Crippen molar-refractivity contribution in [3.63, 3.8) is 0 Å². The molecule has 0 aliphatic carbocycles. The van der Waals surface area contributed by atoms with Crippen molar-refractivity contribution in [3.8, 4) is 0 Å². The molecule has 0 spiro atoms. The zero-order valence-corrected chi connectivity index (χ0v) is 11.8. The van der Waals surface area contributed by atoms with Crippen LogP contribution in [0.5, 0.6) is 0 Å². The van der Waals surface area contributed by atoms with Crippen LogP contribution >= 0.6 is 11.3 Å². The van der Waals surface area contributed by atoms with Gasteiger partial charge in [0.25, 0.3) is 0 Å². The van der Waals surface area contributed by atoms with E-state index in [9.17, 15) is 4.79 Å². The van der Waals surface area contributed by atoms with Gasteiger partial charge in [-0.15, -0.1) is 11.3 Å². The molecular weight excluding hydrogens is 276 g/mol. The summed E-state index contributed by atoms with van der Waals surface area (Å²) < 4.78 is 1.11. The average molecular weight is 292 g/mol. The van der Waals surface area contributed by atoms with Crippen LogP contribution in [0.3, 0.4) is 0 Å². The van der Waals surface area contributed by atoms with E-state index >= 15 is 0 Å². The standard InChI is InChI=1S/C13H16N4O2S/c18-11(19)8-16-3-1-4-17(6-5-16)13-12-10(2-7-20-12)14-9-15-13/h2,7,9H,1,3-6,8H2,(H,18,19). The Morgan fingerprint density at radius 2 is 2.20 bits per heavy atom. The first-order chi connectivity index (χ1) is 9.74. The van der Waals surface area contributed by atoms with Gasteiger partial charge in [-0.3, -0.25) is 9.69 Å². The molecule has 1 fully saturated rings. The van der Waals surface area contributed by atoms with Gasteiger partial charge in [-0.25, -0.2) is 9.97 Å². The van der Waals surface area contributed by atoms with E-state index in [-0.39, 0.29) is 6.54 Å². The Morgan fingerprint density at radius 1 is 1.30 bits per heavy atom. The lowest BCUT2D eigenvalue weighted by Crippen LogP contribution is -2.34. The normalized spacial score (nSPS) is 17.3. The number of carboxylic acids is 1. The number of nitrogens with zero attached hydrogens (tertiary/aromatic N) is 4. The number of anilines is 1. The third-order valence-corrected chi connectivity index (χ3v) is 4.37. The van der Waals surface area contributed by atoms with E-state index in [0.717, 1.165) is 48.6 Å². The lowest BCUT2D eigenvalue weighted by Gasteiger charge is -2.22. The zero-order chi connectivity index (χ0) is 13.9. The van der Waals surface area contributed by atoms with E-state index in [0.29, 0.717) is 0 Å². The van der Waals surface area contributed by atoms with Gasteiger partial charge in [0.2, 0.25) is 0 Å². The van der Waals surface area contributed by atoms with Crippen molar-refractivity contribution in [3.05, 3.63) is 17.8 Å². The van der Waals surface area contributed by atoms with Crippen LogP contribution in [0.2, 0.25) is 0 Å². The van der Waals surface area contributed by atoms with Crippen LogP contribution in [-0.2, 0) is 4.79 Å². The minimum absolute atomic E-state index is 0.117. The molecule has 20 heavy (non-hydrogen) atoms. The van der Waals surface area contributed by atoms with Crippen LogP contribution < -0.4 is 4.90 Å². The fourth-order valence-electron chi connectivity index (χ4n) is 2.53. The van der Waals surface area contributed by atoms with E-state index in [1.807, 2.05) is 16.3 Å². The van der Waals surface area contributed by atoms with Crippen LogP contribution in [0, 0.1) is 0 Å². The molecule has 7 heteroatoms. The number of fused-ring (bicyclic) bond motifs is 1. The Balaban J connectivity index is 1.78. The molecule has 3 rings (SSSR count). The highest BCUT2D eigenvalue weighted by molar-refractivity contribution is 7.17. The molecule has 0 unspecified atom stereocenters. The SMILES string of the molecule is O=C(O)CN1CCCN(c2ncnc3ccsc23)CC1. The molecule has 2 aromatic heterocycles. The van der Waals surface area contributed by atoms with Crippen molar-refractivity contribution in [1.29, 1.82) is 0 Å². The molecule has 0 atom stereocenters. The monoisotopic (exact) mass is 292 g/mol. The summed E-state index contributed by atoms with van der Waals surface area (Å²) in [5.41, 5.74) is 0.978.